The van der Waals surface area contributed by atoms with Crippen LogP contribution in [0, 0.1) is 3.57 Å². The first-order valence-electron chi connectivity index (χ1n) is 5.79. The van der Waals surface area contributed by atoms with Crippen molar-refractivity contribution in [2.45, 2.75) is 19.8 Å². The Morgan fingerprint density at radius 3 is 2.37 bits per heavy atom. The third kappa shape index (κ3) is 3.49. The summed E-state index contributed by atoms with van der Waals surface area (Å²) < 4.78 is 0.913. The first-order chi connectivity index (χ1) is 9.01. The van der Waals surface area contributed by atoms with Crippen LogP contribution in [0.1, 0.15) is 19.0 Å². The van der Waals surface area contributed by atoms with Gasteiger partial charge in [-0.3, -0.25) is 0 Å². The number of rotatable bonds is 3. The van der Waals surface area contributed by atoms with E-state index in [2.05, 4.69) is 39.5 Å². The highest BCUT2D eigenvalue weighted by atomic mass is 127. The van der Waals surface area contributed by atoms with E-state index in [0.717, 1.165) is 27.7 Å². The molecule has 2 N–H and O–H groups in total. The standard InChI is InChI=1S/C13H12Cl2IN3/c1-2-3-10-11(16)12(17)19-13(18-10)7-4-8(14)6-9(15)5-7/h4-6H,2-3H2,1H3,(H2,17,18,19). The van der Waals surface area contributed by atoms with Crippen LogP contribution in [-0.2, 0) is 6.42 Å². The van der Waals surface area contributed by atoms with Gasteiger partial charge in [0.15, 0.2) is 5.82 Å². The Hall–Kier alpha value is -0.590. The van der Waals surface area contributed by atoms with Crippen molar-refractivity contribution in [2.75, 3.05) is 5.73 Å². The molecular formula is C13H12Cl2IN3. The maximum atomic E-state index is 6.00. The number of nitrogen functional groups attached to an aromatic ring is 1. The van der Waals surface area contributed by atoms with E-state index < -0.39 is 0 Å². The molecule has 0 aliphatic carbocycles. The van der Waals surface area contributed by atoms with Gasteiger partial charge in [-0.15, -0.1) is 0 Å². The Morgan fingerprint density at radius 2 is 1.79 bits per heavy atom. The predicted molar refractivity (Wildman–Crippen MR) is 88.6 cm³/mol. The van der Waals surface area contributed by atoms with Crippen LogP contribution in [0.25, 0.3) is 11.4 Å². The van der Waals surface area contributed by atoms with Crippen molar-refractivity contribution in [3.8, 4) is 11.4 Å². The normalized spacial score (nSPS) is 10.7. The molecule has 1 heterocycles. The Labute approximate surface area is 135 Å². The average molecular weight is 408 g/mol. The summed E-state index contributed by atoms with van der Waals surface area (Å²) in [5.41, 5.74) is 7.68. The molecule has 0 amide bonds. The van der Waals surface area contributed by atoms with E-state index in [0.29, 0.717) is 21.7 Å². The molecule has 100 valence electrons. The van der Waals surface area contributed by atoms with E-state index in [-0.39, 0.29) is 0 Å². The number of anilines is 1. The lowest BCUT2D eigenvalue weighted by molar-refractivity contribution is 0.869. The second-order valence-corrected chi connectivity index (χ2v) is 6.05. The van der Waals surface area contributed by atoms with E-state index >= 15 is 0 Å². The lowest BCUT2D eigenvalue weighted by Crippen LogP contribution is -2.05. The zero-order chi connectivity index (χ0) is 14.0. The summed E-state index contributed by atoms with van der Waals surface area (Å²) in [5.74, 6) is 1.05. The average Bonchev–Trinajstić information content (AvgIpc) is 2.33. The van der Waals surface area contributed by atoms with E-state index in [1.807, 2.05) is 0 Å². The smallest absolute Gasteiger partial charge is 0.161 e. The molecule has 0 aliphatic rings. The monoisotopic (exact) mass is 407 g/mol. The Morgan fingerprint density at radius 1 is 1.16 bits per heavy atom. The van der Waals surface area contributed by atoms with Crippen molar-refractivity contribution >= 4 is 51.6 Å². The maximum absolute atomic E-state index is 6.00. The fourth-order valence-electron chi connectivity index (χ4n) is 1.73. The summed E-state index contributed by atoms with van der Waals surface area (Å²) in [4.78, 5) is 8.87. The highest BCUT2D eigenvalue weighted by molar-refractivity contribution is 14.1. The van der Waals surface area contributed by atoms with Crippen LogP contribution in [0.3, 0.4) is 0 Å². The SMILES string of the molecule is CCCc1nc(-c2cc(Cl)cc(Cl)c2)nc(N)c1I. The van der Waals surface area contributed by atoms with Crippen molar-refractivity contribution in [2.24, 2.45) is 0 Å². The summed E-state index contributed by atoms with van der Waals surface area (Å²) in [6, 6.07) is 5.24. The van der Waals surface area contributed by atoms with E-state index in [1.165, 1.54) is 0 Å². The molecule has 0 spiro atoms. The number of hydrogen-bond acceptors (Lipinski definition) is 3. The van der Waals surface area contributed by atoms with Crippen molar-refractivity contribution in [3.63, 3.8) is 0 Å². The summed E-state index contributed by atoms with van der Waals surface area (Å²) in [6.45, 7) is 2.10. The van der Waals surface area contributed by atoms with Gasteiger partial charge in [0, 0.05) is 15.6 Å². The molecule has 1 aromatic carbocycles. The second kappa shape index (κ2) is 6.24. The molecule has 0 aliphatic heterocycles. The molecule has 0 fully saturated rings. The van der Waals surface area contributed by atoms with Crippen LogP contribution < -0.4 is 5.73 Å². The summed E-state index contributed by atoms with van der Waals surface area (Å²) in [5, 5.41) is 1.11. The summed E-state index contributed by atoms with van der Waals surface area (Å²) in [7, 11) is 0. The van der Waals surface area contributed by atoms with Crippen molar-refractivity contribution < 1.29 is 0 Å². The van der Waals surface area contributed by atoms with Crippen LogP contribution in [-0.4, -0.2) is 9.97 Å². The van der Waals surface area contributed by atoms with Crippen LogP contribution >= 0.6 is 45.8 Å². The van der Waals surface area contributed by atoms with Crippen molar-refractivity contribution in [1.82, 2.24) is 9.97 Å². The van der Waals surface area contributed by atoms with Gasteiger partial charge in [0.05, 0.1) is 9.26 Å². The first-order valence-corrected chi connectivity index (χ1v) is 7.63. The molecule has 0 saturated carbocycles. The van der Waals surface area contributed by atoms with Gasteiger partial charge in [-0.25, -0.2) is 9.97 Å². The highest BCUT2D eigenvalue weighted by Gasteiger charge is 2.11. The Kier molecular flexibility index (Phi) is 4.86. The van der Waals surface area contributed by atoms with E-state index in [1.54, 1.807) is 18.2 Å². The third-order valence-corrected chi connectivity index (χ3v) is 4.16. The number of nitrogens with two attached hydrogens (primary N) is 1. The number of benzene rings is 1. The molecule has 6 heteroatoms. The minimum absolute atomic E-state index is 0.491. The summed E-state index contributed by atoms with van der Waals surface area (Å²) >= 11 is 14.2. The number of aryl methyl sites for hydroxylation is 1. The van der Waals surface area contributed by atoms with Gasteiger partial charge in [-0.05, 0) is 47.2 Å². The van der Waals surface area contributed by atoms with Gasteiger partial charge in [-0.2, -0.15) is 0 Å². The molecule has 3 nitrogen and oxygen atoms in total. The van der Waals surface area contributed by atoms with Gasteiger partial charge in [0.2, 0.25) is 0 Å². The second-order valence-electron chi connectivity index (χ2n) is 4.10. The molecule has 0 bridgehead atoms. The topological polar surface area (TPSA) is 51.8 Å². The van der Waals surface area contributed by atoms with Gasteiger partial charge >= 0.3 is 0 Å². The minimum Gasteiger partial charge on any atom is -0.383 e. The zero-order valence-electron chi connectivity index (χ0n) is 10.3. The molecule has 19 heavy (non-hydrogen) atoms. The van der Waals surface area contributed by atoms with Gasteiger partial charge in [-0.1, -0.05) is 36.5 Å². The first kappa shape index (κ1) is 14.8. The molecule has 1 aromatic heterocycles. The minimum atomic E-state index is 0.491. The summed E-state index contributed by atoms with van der Waals surface area (Å²) in [6.07, 6.45) is 1.87. The predicted octanol–water partition coefficient (Wildman–Crippen LogP) is 4.59. The Bertz CT molecular complexity index is 597. The van der Waals surface area contributed by atoms with Gasteiger partial charge in [0.25, 0.3) is 0 Å². The molecule has 2 aromatic rings. The molecular weight excluding hydrogens is 396 g/mol. The number of halogens is 3. The van der Waals surface area contributed by atoms with E-state index in [4.69, 9.17) is 28.9 Å². The molecule has 0 atom stereocenters. The molecule has 0 unspecified atom stereocenters. The van der Waals surface area contributed by atoms with Gasteiger partial charge < -0.3 is 5.73 Å². The molecule has 2 rings (SSSR count). The number of nitrogens with zero attached hydrogens (tertiary/aromatic N) is 2. The number of aromatic nitrogens is 2. The molecule has 0 radical (unpaired) electrons. The van der Waals surface area contributed by atoms with Crippen LogP contribution in [0.5, 0.6) is 0 Å². The van der Waals surface area contributed by atoms with Crippen LogP contribution in [0.15, 0.2) is 18.2 Å². The van der Waals surface area contributed by atoms with Crippen LogP contribution in [0.4, 0.5) is 5.82 Å². The van der Waals surface area contributed by atoms with Crippen molar-refractivity contribution in [3.05, 3.63) is 37.5 Å². The third-order valence-electron chi connectivity index (χ3n) is 2.55. The quantitative estimate of drug-likeness (QED) is 0.757. The lowest BCUT2D eigenvalue weighted by Gasteiger charge is -2.09. The fourth-order valence-corrected chi connectivity index (χ4v) is 2.76. The maximum Gasteiger partial charge on any atom is 0.161 e. The van der Waals surface area contributed by atoms with Gasteiger partial charge in [0.1, 0.15) is 5.82 Å². The largest absolute Gasteiger partial charge is 0.383 e. The highest BCUT2D eigenvalue weighted by Crippen LogP contribution is 2.27. The number of hydrogen-bond donors (Lipinski definition) is 1. The van der Waals surface area contributed by atoms with Crippen molar-refractivity contribution in [1.29, 1.82) is 0 Å². The fraction of sp³-hybridized carbons (Fsp3) is 0.231. The Balaban J connectivity index is 2.55. The molecule has 0 saturated heterocycles. The zero-order valence-corrected chi connectivity index (χ0v) is 13.9. The van der Waals surface area contributed by atoms with Crippen LogP contribution in [0.2, 0.25) is 10.0 Å². The van der Waals surface area contributed by atoms with E-state index in [9.17, 15) is 0 Å². The lowest BCUT2D eigenvalue weighted by atomic mass is 10.2.